The number of ether oxygens (including phenoxy) is 3. The first-order valence-electron chi connectivity index (χ1n) is 12.0. The third kappa shape index (κ3) is 5.13. The Morgan fingerprint density at radius 3 is 2.34 bits per heavy atom. The van der Waals surface area contributed by atoms with Gasteiger partial charge in [0.2, 0.25) is 0 Å². The van der Waals surface area contributed by atoms with Crippen molar-refractivity contribution < 1.29 is 23.8 Å². The summed E-state index contributed by atoms with van der Waals surface area (Å²) >= 11 is 9.19. The van der Waals surface area contributed by atoms with Gasteiger partial charge in [-0.2, -0.15) is 5.10 Å². The molecule has 0 amide bonds. The van der Waals surface area contributed by atoms with Gasteiger partial charge in [0.1, 0.15) is 11.4 Å². The molecule has 4 aromatic rings. The molecule has 0 saturated heterocycles. The highest BCUT2D eigenvalue weighted by atomic mass is 127. The Kier molecular flexibility index (Phi) is 8.67. The fraction of sp³-hybridized carbons (Fsp3) is 0.321. The van der Waals surface area contributed by atoms with Crippen molar-refractivity contribution in [3.05, 3.63) is 69.6 Å². The predicted molar refractivity (Wildman–Crippen MR) is 155 cm³/mol. The van der Waals surface area contributed by atoms with E-state index < -0.39 is 5.97 Å². The Morgan fingerprint density at radius 2 is 1.74 bits per heavy atom. The van der Waals surface area contributed by atoms with Crippen molar-refractivity contribution in [3.8, 4) is 16.9 Å². The fourth-order valence-electron chi connectivity index (χ4n) is 4.86. The number of fused-ring (bicyclic) bond motifs is 1. The molecule has 10 heteroatoms. The van der Waals surface area contributed by atoms with Crippen molar-refractivity contribution in [2.24, 2.45) is 7.05 Å². The Bertz CT molecular complexity index is 1510. The molecule has 0 N–H and O–H groups in total. The minimum absolute atomic E-state index is 0.134. The third-order valence-corrected chi connectivity index (χ3v) is 7.78. The van der Waals surface area contributed by atoms with Gasteiger partial charge >= 0.3 is 11.9 Å². The van der Waals surface area contributed by atoms with Crippen molar-refractivity contribution in [3.63, 3.8) is 0 Å². The fourth-order valence-corrected chi connectivity index (χ4v) is 5.64. The highest BCUT2D eigenvalue weighted by Crippen LogP contribution is 2.42. The second-order valence-electron chi connectivity index (χ2n) is 8.82. The van der Waals surface area contributed by atoms with Gasteiger partial charge in [0.25, 0.3) is 0 Å². The van der Waals surface area contributed by atoms with Crippen LogP contribution >= 0.6 is 34.2 Å². The molecule has 2 aromatic carbocycles. The molecule has 0 spiro atoms. The molecule has 38 heavy (non-hydrogen) atoms. The highest BCUT2D eigenvalue weighted by Gasteiger charge is 2.28. The topological polar surface area (TPSA) is 84.6 Å². The molecule has 0 aliphatic heterocycles. The monoisotopic (exact) mass is 649 g/mol. The molecular weight excluding hydrogens is 621 g/mol. The van der Waals surface area contributed by atoms with Crippen molar-refractivity contribution >= 4 is 57.0 Å². The molecule has 0 bridgehead atoms. The molecule has 0 atom stereocenters. The van der Waals surface area contributed by atoms with E-state index in [4.69, 9.17) is 30.9 Å². The van der Waals surface area contributed by atoms with Gasteiger partial charge in [0, 0.05) is 40.1 Å². The van der Waals surface area contributed by atoms with Gasteiger partial charge in [0.15, 0.2) is 0 Å². The molecular formula is C28H29ClIN3O5. The van der Waals surface area contributed by atoms with Gasteiger partial charge in [-0.25, -0.2) is 4.79 Å². The number of methoxy groups -OCH3 is 3. The zero-order valence-corrected chi connectivity index (χ0v) is 24.8. The van der Waals surface area contributed by atoms with Crippen molar-refractivity contribution in [1.82, 2.24) is 14.3 Å². The lowest BCUT2D eigenvalue weighted by atomic mass is 9.98. The number of halogens is 2. The first-order valence-corrected chi connectivity index (χ1v) is 13.9. The van der Waals surface area contributed by atoms with Crippen molar-refractivity contribution in [2.45, 2.75) is 30.7 Å². The molecule has 4 rings (SSSR count). The Labute approximate surface area is 239 Å². The normalized spacial score (nSPS) is 11.1. The van der Waals surface area contributed by atoms with E-state index in [0.717, 1.165) is 50.3 Å². The van der Waals surface area contributed by atoms with E-state index in [1.807, 2.05) is 59.6 Å². The standard InChI is InChI=1S/C28H29ClIN3O5/c1-16-24(22(14-30)31-33(16)15-17-6-8-18(36-3)9-7-17)25-21(29)12-10-19-20(11-13-23(34)37-4)27(28(35)38-5)32(2)26(19)25/h6-10,12H,11,13-15H2,1-5H3. The van der Waals surface area contributed by atoms with Gasteiger partial charge in [-0.05, 0) is 42.7 Å². The number of carbonyl (C=O) groups is 2. The average Bonchev–Trinajstić information content (AvgIpc) is 3.39. The second-order valence-corrected chi connectivity index (χ2v) is 9.99. The number of hydrogen-bond donors (Lipinski definition) is 0. The molecule has 2 heterocycles. The molecule has 2 aromatic heterocycles. The van der Waals surface area contributed by atoms with Gasteiger partial charge in [-0.15, -0.1) is 0 Å². The summed E-state index contributed by atoms with van der Waals surface area (Å²) in [4.78, 5) is 24.8. The van der Waals surface area contributed by atoms with Crippen molar-refractivity contribution in [1.29, 1.82) is 0 Å². The maximum atomic E-state index is 12.9. The first-order chi connectivity index (χ1) is 18.2. The van der Waals surface area contributed by atoms with Gasteiger partial charge in [-0.3, -0.25) is 9.48 Å². The van der Waals surface area contributed by atoms with E-state index in [1.165, 1.54) is 14.2 Å². The largest absolute Gasteiger partial charge is 0.497 e. The molecule has 200 valence electrons. The number of carbonyl (C=O) groups excluding carboxylic acids is 2. The average molecular weight is 650 g/mol. The summed E-state index contributed by atoms with van der Waals surface area (Å²) in [7, 11) is 6.16. The number of rotatable bonds is 9. The number of aromatic nitrogens is 3. The number of hydrogen-bond acceptors (Lipinski definition) is 6. The van der Waals surface area contributed by atoms with Crippen LogP contribution in [0.15, 0.2) is 36.4 Å². The first kappa shape index (κ1) is 28.0. The SMILES string of the molecule is COC(=O)CCc1c(C(=O)OC)n(C)c2c(-c3c(CI)nn(Cc4ccc(OC)cc4)c3C)c(Cl)ccc12. The van der Waals surface area contributed by atoms with Gasteiger partial charge in [0.05, 0.1) is 44.1 Å². The summed E-state index contributed by atoms with van der Waals surface area (Å²) in [6.07, 6.45) is 0.458. The second kappa shape index (κ2) is 11.8. The zero-order chi connectivity index (χ0) is 27.6. The molecule has 0 saturated carbocycles. The number of alkyl halides is 1. The molecule has 8 nitrogen and oxygen atoms in total. The molecule has 0 fully saturated rings. The number of nitrogens with zero attached hydrogens (tertiary/aromatic N) is 3. The van der Waals surface area contributed by atoms with E-state index in [2.05, 4.69) is 22.6 Å². The molecule has 0 unspecified atom stereocenters. The summed E-state index contributed by atoms with van der Waals surface area (Å²) in [6.45, 7) is 2.61. The Balaban J connectivity index is 1.92. The van der Waals surface area contributed by atoms with Crippen LogP contribution < -0.4 is 4.74 Å². The quantitative estimate of drug-likeness (QED) is 0.128. The van der Waals surface area contributed by atoms with Gasteiger partial charge in [-0.1, -0.05) is 52.4 Å². The maximum Gasteiger partial charge on any atom is 0.354 e. The van der Waals surface area contributed by atoms with Crippen LogP contribution in [0.2, 0.25) is 5.02 Å². The van der Waals surface area contributed by atoms with Crippen LogP contribution in [0.3, 0.4) is 0 Å². The molecule has 0 radical (unpaired) electrons. The summed E-state index contributed by atoms with van der Waals surface area (Å²) in [5.74, 6) is -0.0345. The van der Waals surface area contributed by atoms with Crippen LogP contribution in [0, 0.1) is 6.92 Å². The lowest BCUT2D eigenvalue weighted by Gasteiger charge is -2.12. The number of aryl methyl sites for hydroxylation is 2. The smallest absolute Gasteiger partial charge is 0.354 e. The predicted octanol–water partition coefficient (Wildman–Crippen LogP) is 5.89. The van der Waals surface area contributed by atoms with E-state index in [0.29, 0.717) is 28.1 Å². The van der Waals surface area contributed by atoms with E-state index in [1.54, 1.807) is 7.11 Å². The maximum absolute atomic E-state index is 12.9. The van der Waals surface area contributed by atoms with Gasteiger partial charge < -0.3 is 18.8 Å². The van der Waals surface area contributed by atoms with E-state index >= 15 is 0 Å². The Morgan fingerprint density at radius 1 is 1.03 bits per heavy atom. The lowest BCUT2D eigenvalue weighted by molar-refractivity contribution is -0.140. The Hall–Kier alpha value is -3.05. The minimum atomic E-state index is -0.480. The van der Waals surface area contributed by atoms with Crippen molar-refractivity contribution in [2.75, 3.05) is 21.3 Å². The summed E-state index contributed by atoms with van der Waals surface area (Å²) in [5.41, 5.74) is 6.56. The molecule has 0 aliphatic carbocycles. The van der Waals surface area contributed by atoms with Crippen LogP contribution in [0.1, 0.15) is 39.4 Å². The number of benzene rings is 2. The summed E-state index contributed by atoms with van der Waals surface area (Å²) < 4.78 is 19.7. The van der Waals surface area contributed by atoms with E-state index in [9.17, 15) is 9.59 Å². The van der Waals surface area contributed by atoms with Crippen LogP contribution in [0.25, 0.3) is 22.0 Å². The van der Waals surface area contributed by atoms with Crippen LogP contribution in [-0.4, -0.2) is 47.6 Å². The molecule has 0 aliphatic rings. The van der Waals surface area contributed by atoms with Crippen LogP contribution in [0.4, 0.5) is 0 Å². The zero-order valence-electron chi connectivity index (χ0n) is 21.9. The summed E-state index contributed by atoms with van der Waals surface area (Å²) in [5, 5.41) is 6.31. The lowest BCUT2D eigenvalue weighted by Crippen LogP contribution is -2.11. The van der Waals surface area contributed by atoms with Crippen LogP contribution in [-0.2, 0) is 38.7 Å². The minimum Gasteiger partial charge on any atom is -0.497 e. The number of esters is 2. The summed E-state index contributed by atoms with van der Waals surface area (Å²) in [6, 6.07) is 11.6. The van der Waals surface area contributed by atoms with Crippen LogP contribution in [0.5, 0.6) is 5.75 Å². The van der Waals surface area contributed by atoms with E-state index in [-0.39, 0.29) is 12.4 Å². The third-order valence-electron chi connectivity index (χ3n) is 6.74. The highest BCUT2D eigenvalue weighted by molar-refractivity contribution is 14.1.